The van der Waals surface area contributed by atoms with Crippen LogP contribution in [0.1, 0.15) is 37.7 Å². The normalized spacial score (nSPS) is 17.1. The number of allylic oxidation sites excluding steroid dienone is 1. The molecule has 1 aliphatic carbocycles. The van der Waals surface area contributed by atoms with Crippen LogP contribution in [-0.2, 0) is 0 Å². The lowest BCUT2D eigenvalue weighted by Gasteiger charge is -2.17. The quantitative estimate of drug-likeness (QED) is 0.507. The monoisotopic (exact) mass is 298 g/mol. The highest BCUT2D eigenvalue weighted by Gasteiger charge is 2.14. The number of ether oxygens (including phenoxy) is 1. The van der Waals surface area contributed by atoms with E-state index < -0.39 is 0 Å². The number of nitriles is 1. The van der Waals surface area contributed by atoms with Crippen LogP contribution in [0.25, 0.3) is 5.70 Å². The second-order valence-electron chi connectivity index (χ2n) is 5.44. The second-order valence-corrected chi connectivity index (χ2v) is 5.44. The van der Waals surface area contributed by atoms with E-state index in [1.165, 1.54) is 26.4 Å². The van der Waals surface area contributed by atoms with Gasteiger partial charge >= 0.3 is 0 Å². The van der Waals surface area contributed by atoms with E-state index in [0.29, 0.717) is 34.3 Å². The summed E-state index contributed by atoms with van der Waals surface area (Å²) in [5, 5.41) is 9.37. The molecular weight excluding hydrogens is 276 g/mol. The van der Waals surface area contributed by atoms with Gasteiger partial charge in [-0.15, -0.1) is 0 Å². The SMILES string of the molecule is COc1c(N)cccc1/C(N)=C(\C#N)C=NC1CCCCC1. The van der Waals surface area contributed by atoms with Gasteiger partial charge in [0.15, 0.2) is 5.75 Å². The molecular formula is C17H22N4O. The second kappa shape index (κ2) is 7.51. The molecule has 0 heterocycles. The molecule has 0 spiro atoms. The van der Waals surface area contributed by atoms with Crippen LogP contribution in [-0.4, -0.2) is 19.4 Å². The van der Waals surface area contributed by atoms with Crippen LogP contribution >= 0.6 is 0 Å². The van der Waals surface area contributed by atoms with Crippen molar-refractivity contribution >= 4 is 17.6 Å². The minimum atomic E-state index is 0.299. The summed E-state index contributed by atoms with van der Waals surface area (Å²) in [6, 6.07) is 7.73. The highest BCUT2D eigenvalue weighted by atomic mass is 16.5. The standard InChI is InChI=1S/C17H22N4O/c1-22-17-14(8-5-9-15(17)19)16(20)12(10-18)11-21-13-6-3-2-4-7-13/h5,8-9,11,13H,2-4,6-7,19-20H2,1H3/b16-12-,21-11?. The molecule has 1 aromatic rings. The number of aliphatic imine (C=N–C) groups is 1. The first-order chi connectivity index (χ1) is 10.7. The Labute approximate surface area is 131 Å². The molecule has 116 valence electrons. The van der Waals surface area contributed by atoms with E-state index in [-0.39, 0.29) is 0 Å². The van der Waals surface area contributed by atoms with Crippen molar-refractivity contribution in [3.8, 4) is 11.8 Å². The molecule has 1 aromatic carbocycles. The van der Waals surface area contributed by atoms with Crippen molar-refractivity contribution in [3.05, 3.63) is 29.3 Å². The molecule has 0 amide bonds. The van der Waals surface area contributed by atoms with Gasteiger partial charge in [-0.25, -0.2) is 0 Å². The third-order valence-electron chi connectivity index (χ3n) is 3.94. The Morgan fingerprint density at radius 3 is 2.73 bits per heavy atom. The van der Waals surface area contributed by atoms with E-state index in [1.807, 2.05) is 0 Å². The predicted octanol–water partition coefficient (Wildman–Crippen LogP) is 2.87. The molecule has 1 saturated carbocycles. The van der Waals surface area contributed by atoms with Gasteiger partial charge in [-0.1, -0.05) is 25.3 Å². The number of nitrogen functional groups attached to an aromatic ring is 1. The molecule has 0 aromatic heterocycles. The minimum Gasteiger partial charge on any atom is -0.494 e. The maximum absolute atomic E-state index is 9.37. The van der Waals surface area contributed by atoms with Crippen LogP contribution < -0.4 is 16.2 Å². The van der Waals surface area contributed by atoms with Crippen molar-refractivity contribution in [2.24, 2.45) is 10.7 Å². The zero-order valence-electron chi connectivity index (χ0n) is 12.9. The van der Waals surface area contributed by atoms with E-state index in [2.05, 4.69) is 11.1 Å². The third kappa shape index (κ3) is 3.59. The Bertz CT molecular complexity index is 622. The molecule has 0 radical (unpaired) electrons. The minimum absolute atomic E-state index is 0.299. The molecule has 1 fully saturated rings. The van der Waals surface area contributed by atoms with Crippen molar-refractivity contribution in [3.63, 3.8) is 0 Å². The average molecular weight is 298 g/mol. The number of para-hydroxylation sites is 1. The molecule has 2 rings (SSSR count). The topological polar surface area (TPSA) is 97.4 Å². The van der Waals surface area contributed by atoms with Gasteiger partial charge in [0.1, 0.15) is 6.07 Å². The van der Waals surface area contributed by atoms with Crippen LogP contribution in [0.15, 0.2) is 28.8 Å². The largest absolute Gasteiger partial charge is 0.494 e. The van der Waals surface area contributed by atoms with Gasteiger partial charge in [-0.2, -0.15) is 5.26 Å². The first-order valence-electron chi connectivity index (χ1n) is 7.53. The predicted molar refractivity (Wildman–Crippen MR) is 89.5 cm³/mol. The van der Waals surface area contributed by atoms with Gasteiger partial charge in [0.2, 0.25) is 0 Å². The van der Waals surface area contributed by atoms with Crippen molar-refractivity contribution in [1.29, 1.82) is 5.26 Å². The summed E-state index contributed by atoms with van der Waals surface area (Å²) in [7, 11) is 1.53. The summed E-state index contributed by atoms with van der Waals surface area (Å²) >= 11 is 0. The molecule has 0 unspecified atom stereocenters. The van der Waals surface area contributed by atoms with Crippen LogP contribution in [0.4, 0.5) is 5.69 Å². The van der Waals surface area contributed by atoms with E-state index in [0.717, 1.165) is 12.8 Å². The zero-order chi connectivity index (χ0) is 15.9. The molecule has 1 aliphatic rings. The molecule has 0 saturated heterocycles. The lowest BCUT2D eigenvalue weighted by Crippen LogP contribution is -2.11. The summed E-state index contributed by atoms with van der Waals surface area (Å²) < 4.78 is 5.29. The molecule has 0 atom stereocenters. The Morgan fingerprint density at radius 1 is 1.36 bits per heavy atom. The summed E-state index contributed by atoms with van der Waals surface area (Å²) in [6.07, 6.45) is 7.43. The van der Waals surface area contributed by atoms with Gasteiger partial charge < -0.3 is 16.2 Å². The molecule has 5 heteroatoms. The maximum atomic E-state index is 9.37. The lowest BCUT2D eigenvalue weighted by atomic mass is 9.96. The lowest BCUT2D eigenvalue weighted by molar-refractivity contribution is 0.415. The maximum Gasteiger partial charge on any atom is 0.151 e. The van der Waals surface area contributed by atoms with Crippen molar-refractivity contribution < 1.29 is 4.74 Å². The Balaban J connectivity index is 2.31. The molecule has 5 nitrogen and oxygen atoms in total. The number of benzene rings is 1. The first kappa shape index (κ1) is 15.9. The van der Waals surface area contributed by atoms with Crippen LogP contribution in [0.2, 0.25) is 0 Å². The van der Waals surface area contributed by atoms with E-state index in [1.54, 1.807) is 24.4 Å². The first-order valence-corrected chi connectivity index (χ1v) is 7.53. The van der Waals surface area contributed by atoms with Gasteiger partial charge in [-0.3, -0.25) is 4.99 Å². The van der Waals surface area contributed by atoms with E-state index >= 15 is 0 Å². The van der Waals surface area contributed by atoms with E-state index in [4.69, 9.17) is 16.2 Å². The number of methoxy groups -OCH3 is 1. The molecule has 22 heavy (non-hydrogen) atoms. The van der Waals surface area contributed by atoms with Crippen LogP contribution in [0.5, 0.6) is 5.75 Å². The summed E-state index contributed by atoms with van der Waals surface area (Å²) in [5.41, 5.74) is 13.8. The van der Waals surface area contributed by atoms with Crippen molar-refractivity contribution in [2.75, 3.05) is 12.8 Å². The number of anilines is 1. The summed E-state index contributed by atoms with van der Waals surface area (Å²) in [5.74, 6) is 0.485. The Kier molecular flexibility index (Phi) is 5.42. The Morgan fingerprint density at radius 2 is 2.09 bits per heavy atom. The fourth-order valence-electron chi connectivity index (χ4n) is 2.71. The fourth-order valence-corrected chi connectivity index (χ4v) is 2.71. The zero-order valence-corrected chi connectivity index (χ0v) is 12.9. The summed E-state index contributed by atoms with van der Waals surface area (Å²) in [4.78, 5) is 4.52. The summed E-state index contributed by atoms with van der Waals surface area (Å²) in [6.45, 7) is 0. The smallest absolute Gasteiger partial charge is 0.151 e. The van der Waals surface area contributed by atoms with Gasteiger partial charge in [0.25, 0.3) is 0 Å². The highest BCUT2D eigenvalue weighted by molar-refractivity contribution is 5.96. The number of nitrogens with zero attached hydrogens (tertiary/aromatic N) is 2. The molecule has 0 aliphatic heterocycles. The Hall–Kier alpha value is -2.48. The van der Waals surface area contributed by atoms with Gasteiger partial charge in [0, 0.05) is 17.8 Å². The number of hydrogen-bond acceptors (Lipinski definition) is 5. The number of hydrogen-bond donors (Lipinski definition) is 2. The van der Waals surface area contributed by atoms with Crippen LogP contribution in [0.3, 0.4) is 0 Å². The average Bonchev–Trinajstić information content (AvgIpc) is 2.56. The van der Waals surface area contributed by atoms with E-state index in [9.17, 15) is 5.26 Å². The van der Waals surface area contributed by atoms with Gasteiger partial charge in [-0.05, 0) is 25.0 Å². The fraction of sp³-hybridized carbons (Fsp3) is 0.412. The van der Waals surface area contributed by atoms with Gasteiger partial charge in [0.05, 0.1) is 24.1 Å². The highest BCUT2D eigenvalue weighted by Crippen LogP contribution is 2.30. The van der Waals surface area contributed by atoms with Crippen molar-refractivity contribution in [2.45, 2.75) is 38.1 Å². The number of rotatable bonds is 4. The van der Waals surface area contributed by atoms with Crippen molar-refractivity contribution in [1.82, 2.24) is 0 Å². The van der Waals surface area contributed by atoms with Crippen LogP contribution in [0, 0.1) is 11.3 Å². The number of nitrogens with two attached hydrogens (primary N) is 2. The molecule has 0 bridgehead atoms. The third-order valence-corrected chi connectivity index (χ3v) is 3.94. The molecule has 4 N–H and O–H groups in total.